The van der Waals surface area contributed by atoms with E-state index in [1.54, 1.807) is 0 Å². The van der Waals surface area contributed by atoms with Crippen LogP contribution in [-0.4, -0.2) is 29.3 Å². The molecule has 0 amide bonds. The molecule has 2 heterocycles. The zero-order valence-electron chi connectivity index (χ0n) is 11.9. The average molecular weight is 271 g/mol. The molecule has 0 atom stereocenters. The van der Waals surface area contributed by atoms with E-state index in [0.717, 1.165) is 49.9 Å². The van der Waals surface area contributed by atoms with Gasteiger partial charge in [0.25, 0.3) is 0 Å². The molecule has 3 rings (SSSR count). The van der Waals surface area contributed by atoms with E-state index >= 15 is 0 Å². The highest BCUT2D eigenvalue weighted by Gasteiger charge is 2.15. The summed E-state index contributed by atoms with van der Waals surface area (Å²) in [7, 11) is 0. The number of nitrogens with zero attached hydrogens (tertiary/aromatic N) is 2. The molecule has 4 nitrogen and oxygen atoms in total. The molecule has 1 aromatic heterocycles. The first kappa shape index (κ1) is 13.2. The van der Waals surface area contributed by atoms with Gasteiger partial charge >= 0.3 is 0 Å². The summed E-state index contributed by atoms with van der Waals surface area (Å²) in [5.41, 5.74) is 2.17. The van der Waals surface area contributed by atoms with E-state index in [-0.39, 0.29) is 0 Å². The van der Waals surface area contributed by atoms with Crippen LogP contribution < -0.4 is 5.32 Å². The van der Waals surface area contributed by atoms with Crippen molar-refractivity contribution >= 4 is 5.95 Å². The highest BCUT2D eigenvalue weighted by molar-refractivity contribution is 5.42. The van der Waals surface area contributed by atoms with Crippen LogP contribution in [0.1, 0.15) is 18.5 Å². The molecule has 0 bridgehead atoms. The Labute approximate surface area is 119 Å². The van der Waals surface area contributed by atoms with Crippen LogP contribution in [0.15, 0.2) is 36.5 Å². The highest BCUT2D eigenvalue weighted by atomic mass is 16.5. The molecule has 1 aromatic carbocycles. The molecular formula is C16H21N3O. The minimum atomic E-state index is 0.685. The molecule has 106 valence electrons. The van der Waals surface area contributed by atoms with Crippen molar-refractivity contribution in [2.45, 2.75) is 19.8 Å². The smallest absolute Gasteiger partial charge is 0.207 e. The molecule has 1 aliphatic rings. The van der Waals surface area contributed by atoms with Crippen molar-refractivity contribution in [1.29, 1.82) is 0 Å². The van der Waals surface area contributed by atoms with Gasteiger partial charge in [0.05, 0.1) is 5.69 Å². The maximum Gasteiger partial charge on any atom is 0.207 e. The van der Waals surface area contributed by atoms with Crippen molar-refractivity contribution in [3.05, 3.63) is 42.2 Å². The predicted molar refractivity (Wildman–Crippen MR) is 80.3 cm³/mol. The van der Waals surface area contributed by atoms with Gasteiger partial charge in [0.1, 0.15) is 0 Å². The SMILES string of the molecule is Cc1cn(-c2ccccc2)c(NCC2CCOCC2)n1. The van der Waals surface area contributed by atoms with Gasteiger partial charge in [0, 0.05) is 31.6 Å². The number of hydrogen-bond acceptors (Lipinski definition) is 3. The van der Waals surface area contributed by atoms with E-state index < -0.39 is 0 Å². The Morgan fingerprint density at radius 2 is 2.00 bits per heavy atom. The molecule has 1 saturated heterocycles. The Hall–Kier alpha value is -1.81. The Bertz CT molecular complexity index is 544. The lowest BCUT2D eigenvalue weighted by atomic mass is 10.0. The minimum absolute atomic E-state index is 0.685. The highest BCUT2D eigenvalue weighted by Crippen LogP contribution is 2.19. The van der Waals surface area contributed by atoms with Gasteiger partial charge in [-0.1, -0.05) is 18.2 Å². The van der Waals surface area contributed by atoms with Gasteiger partial charge in [-0.15, -0.1) is 0 Å². The van der Waals surface area contributed by atoms with Crippen molar-refractivity contribution in [3.8, 4) is 5.69 Å². The second-order valence-corrected chi connectivity index (χ2v) is 5.35. The van der Waals surface area contributed by atoms with Crippen LogP contribution in [0.4, 0.5) is 5.95 Å². The molecule has 0 aliphatic carbocycles. The molecule has 1 N–H and O–H groups in total. The van der Waals surface area contributed by atoms with Gasteiger partial charge in [-0.25, -0.2) is 4.98 Å². The first-order chi connectivity index (χ1) is 9.83. The maximum atomic E-state index is 5.40. The van der Waals surface area contributed by atoms with Gasteiger partial charge in [-0.3, -0.25) is 4.57 Å². The van der Waals surface area contributed by atoms with Crippen molar-refractivity contribution in [2.75, 3.05) is 25.1 Å². The van der Waals surface area contributed by atoms with Crippen LogP contribution in [0.2, 0.25) is 0 Å². The zero-order valence-corrected chi connectivity index (χ0v) is 11.9. The number of ether oxygens (including phenoxy) is 1. The number of benzene rings is 1. The van der Waals surface area contributed by atoms with Crippen molar-refractivity contribution in [2.24, 2.45) is 5.92 Å². The van der Waals surface area contributed by atoms with E-state index in [1.807, 2.05) is 25.1 Å². The monoisotopic (exact) mass is 271 g/mol. The van der Waals surface area contributed by atoms with E-state index in [9.17, 15) is 0 Å². The Kier molecular flexibility index (Phi) is 4.02. The number of para-hydroxylation sites is 1. The Balaban J connectivity index is 1.73. The van der Waals surface area contributed by atoms with Crippen molar-refractivity contribution < 1.29 is 4.74 Å². The van der Waals surface area contributed by atoms with Crippen LogP contribution in [0, 0.1) is 12.8 Å². The lowest BCUT2D eigenvalue weighted by molar-refractivity contribution is 0.0699. The van der Waals surface area contributed by atoms with Crippen LogP contribution in [0.25, 0.3) is 5.69 Å². The predicted octanol–water partition coefficient (Wildman–Crippen LogP) is 3.02. The average Bonchev–Trinajstić information content (AvgIpc) is 2.88. The van der Waals surface area contributed by atoms with Crippen LogP contribution in [0.5, 0.6) is 0 Å². The van der Waals surface area contributed by atoms with Gasteiger partial charge < -0.3 is 10.1 Å². The molecule has 0 radical (unpaired) electrons. The molecule has 0 spiro atoms. The summed E-state index contributed by atoms with van der Waals surface area (Å²) in [5.74, 6) is 1.62. The molecule has 4 heteroatoms. The Morgan fingerprint density at radius 3 is 2.75 bits per heavy atom. The summed E-state index contributed by atoms with van der Waals surface area (Å²) >= 11 is 0. The molecule has 1 fully saturated rings. The van der Waals surface area contributed by atoms with Gasteiger partial charge in [-0.2, -0.15) is 0 Å². The summed E-state index contributed by atoms with van der Waals surface area (Å²) in [4.78, 5) is 4.59. The third kappa shape index (κ3) is 3.02. The summed E-state index contributed by atoms with van der Waals surface area (Å²) in [6.07, 6.45) is 4.34. The number of imidazole rings is 1. The summed E-state index contributed by atoms with van der Waals surface area (Å²) in [6.45, 7) is 4.77. The molecule has 1 aliphatic heterocycles. The van der Waals surface area contributed by atoms with E-state index in [2.05, 4.69) is 33.2 Å². The van der Waals surface area contributed by atoms with Crippen molar-refractivity contribution in [3.63, 3.8) is 0 Å². The first-order valence-electron chi connectivity index (χ1n) is 7.26. The number of rotatable bonds is 4. The van der Waals surface area contributed by atoms with Gasteiger partial charge in [-0.05, 0) is 37.8 Å². The number of hydrogen-bond donors (Lipinski definition) is 1. The summed E-state index contributed by atoms with van der Waals surface area (Å²) in [5, 5.41) is 3.50. The molecule has 2 aromatic rings. The molecule has 20 heavy (non-hydrogen) atoms. The third-order valence-electron chi connectivity index (χ3n) is 3.75. The van der Waals surface area contributed by atoms with Crippen LogP contribution >= 0.6 is 0 Å². The fraction of sp³-hybridized carbons (Fsp3) is 0.438. The van der Waals surface area contributed by atoms with Crippen molar-refractivity contribution in [1.82, 2.24) is 9.55 Å². The van der Waals surface area contributed by atoms with Crippen LogP contribution in [-0.2, 0) is 4.74 Å². The standard InChI is InChI=1S/C16H21N3O/c1-13-12-19(15-5-3-2-4-6-15)16(18-13)17-11-14-7-9-20-10-8-14/h2-6,12,14H,7-11H2,1H3,(H,17,18). The quantitative estimate of drug-likeness (QED) is 0.929. The summed E-state index contributed by atoms with van der Waals surface area (Å²) in [6, 6.07) is 10.3. The van der Waals surface area contributed by atoms with Crippen LogP contribution in [0.3, 0.4) is 0 Å². The largest absolute Gasteiger partial charge is 0.381 e. The number of anilines is 1. The lowest BCUT2D eigenvalue weighted by Gasteiger charge is -2.22. The minimum Gasteiger partial charge on any atom is -0.381 e. The number of aromatic nitrogens is 2. The number of aryl methyl sites for hydroxylation is 1. The second kappa shape index (κ2) is 6.09. The van der Waals surface area contributed by atoms with E-state index in [0.29, 0.717) is 5.92 Å². The Morgan fingerprint density at radius 1 is 1.25 bits per heavy atom. The second-order valence-electron chi connectivity index (χ2n) is 5.35. The third-order valence-corrected chi connectivity index (χ3v) is 3.75. The number of nitrogens with one attached hydrogen (secondary N) is 1. The maximum absolute atomic E-state index is 5.40. The summed E-state index contributed by atoms with van der Waals surface area (Å²) < 4.78 is 7.52. The molecule has 0 saturated carbocycles. The lowest BCUT2D eigenvalue weighted by Crippen LogP contribution is -2.23. The fourth-order valence-electron chi connectivity index (χ4n) is 2.59. The van der Waals surface area contributed by atoms with Gasteiger partial charge in [0.15, 0.2) is 0 Å². The fourth-order valence-corrected chi connectivity index (χ4v) is 2.59. The normalized spacial score (nSPS) is 16.2. The first-order valence-corrected chi connectivity index (χ1v) is 7.26. The van der Waals surface area contributed by atoms with E-state index in [4.69, 9.17) is 4.74 Å². The molecular weight excluding hydrogens is 250 g/mol. The zero-order chi connectivity index (χ0) is 13.8. The molecule has 0 unspecified atom stereocenters. The topological polar surface area (TPSA) is 39.1 Å². The van der Waals surface area contributed by atoms with Gasteiger partial charge in [0.2, 0.25) is 5.95 Å². The van der Waals surface area contributed by atoms with E-state index in [1.165, 1.54) is 0 Å².